The quantitative estimate of drug-likeness (QED) is 0.441. The summed E-state index contributed by atoms with van der Waals surface area (Å²) in [5.74, 6) is -0.699. The molecule has 1 aliphatic carbocycles. The maximum atomic E-state index is 12.1. The number of halogens is 1. The van der Waals surface area contributed by atoms with Crippen molar-refractivity contribution in [3.8, 4) is 0 Å². The molecule has 1 aliphatic heterocycles. The zero-order valence-electron chi connectivity index (χ0n) is 15.4. The van der Waals surface area contributed by atoms with Crippen LogP contribution in [0.4, 0.5) is 11.4 Å². The van der Waals surface area contributed by atoms with Gasteiger partial charge in [0.15, 0.2) is 0 Å². The van der Waals surface area contributed by atoms with Crippen molar-refractivity contribution in [3.63, 3.8) is 0 Å². The molecule has 10 nitrogen and oxygen atoms in total. The summed E-state index contributed by atoms with van der Waals surface area (Å²) >= 11 is 6.42. The first-order chi connectivity index (χ1) is 13.3. The SMILES string of the molecule is CCOC(=O)c1cc(Cl)c(N2C(N)=NC(N)=NC23CCCCC3)c([N+](=O)[O-])c1. The number of anilines is 1. The molecule has 28 heavy (non-hydrogen) atoms. The second kappa shape index (κ2) is 7.63. The Kier molecular flexibility index (Phi) is 5.41. The molecule has 1 aromatic rings. The number of guanidine groups is 2. The van der Waals surface area contributed by atoms with Crippen LogP contribution in [0.2, 0.25) is 5.02 Å². The number of nitrogens with two attached hydrogens (primary N) is 2. The van der Waals surface area contributed by atoms with Gasteiger partial charge >= 0.3 is 5.97 Å². The fraction of sp³-hybridized carbons (Fsp3) is 0.471. The minimum atomic E-state index is -0.895. The summed E-state index contributed by atoms with van der Waals surface area (Å²) in [5.41, 5.74) is 10.7. The van der Waals surface area contributed by atoms with Crippen LogP contribution < -0.4 is 16.4 Å². The van der Waals surface area contributed by atoms with Crippen molar-refractivity contribution in [1.82, 2.24) is 0 Å². The number of aliphatic imine (C=N–C) groups is 2. The van der Waals surface area contributed by atoms with Gasteiger partial charge in [-0.1, -0.05) is 18.0 Å². The molecule has 0 radical (unpaired) electrons. The molecule has 1 fully saturated rings. The second-order valence-electron chi connectivity index (χ2n) is 6.62. The molecule has 0 unspecified atom stereocenters. The van der Waals surface area contributed by atoms with Crippen LogP contribution in [0.5, 0.6) is 0 Å². The average Bonchev–Trinajstić information content (AvgIpc) is 2.62. The highest BCUT2D eigenvalue weighted by Crippen LogP contribution is 2.46. The molecule has 1 spiro atoms. The van der Waals surface area contributed by atoms with Gasteiger partial charge in [0.25, 0.3) is 5.69 Å². The molecule has 4 N–H and O–H groups in total. The topological polar surface area (TPSA) is 149 Å². The molecule has 0 amide bonds. The van der Waals surface area contributed by atoms with Crippen LogP contribution in [-0.4, -0.2) is 35.1 Å². The van der Waals surface area contributed by atoms with E-state index in [9.17, 15) is 14.9 Å². The Labute approximate surface area is 166 Å². The van der Waals surface area contributed by atoms with Crippen LogP contribution in [0.15, 0.2) is 22.1 Å². The smallest absolute Gasteiger partial charge is 0.338 e. The number of hydrogen-bond donors (Lipinski definition) is 2. The number of esters is 1. The lowest BCUT2D eigenvalue weighted by Gasteiger charge is -2.45. The van der Waals surface area contributed by atoms with Crippen LogP contribution >= 0.6 is 11.6 Å². The van der Waals surface area contributed by atoms with Gasteiger partial charge in [0.1, 0.15) is 11.4 Å². The number of carbonyl (C=O) groups excluding carboxylic acids is 1. The van der Waals surface area contributed by atoms with E-state index >= 15 is 0 Å². The highest BCUT2D eigenvalue weighted by molar-refractivity contribution is 6.35. The molecule has 11 heteroatoms. The molecule has 2 aliphatic rings. The van der Waals surface area contributed by atoms with E-state index in [2.05, 4.69) is 9.98 Å². The minimum absolute atomic E-state index is 0.0176. The van der Waals surface area contributed by atoms with Gasteiger partial charge in [-0.15, -0.1) is 0 Å². The summed E-state index contributed by atoms with van der Waals surface area (Å²) < 4.78 is 4.93. The van der Waals surface area contributed by atoms with Crippen LogP contribution in [0.3, 0.4) is 0 Å². The predicted molar refractivity (Wildman–Crippen MR) is 106 cm³/mol. The number of ether oxygens (including phenoxy) is 1. The van der Waals surface area contributed by atoms with Crippen LogP contribution in [0.25, 0.3) is 0 Å². The third-order valence-electron chi connectivity index (χ3n) is 4.83. The number of hydrogen-bond acceptors (Lipinski definition) is 9. The Hall–Kier alpha value is -2.88. The number of benzene rings is 1. The van der Waals surface area contributed by atoms with Crippen molar-refractivity contribution < 1.29 is 14.5 Å². The number of nitro groups is 1. The lowest BCUT2D eigenvalue weighted by atomic mass is 9.87. The summed E-state index contributed by atoms with van der Waals surface area (Å²) in [5, 5.41) is 11.8. The molecule has 1 heterocycles. The number of carbonyl (C=O) groups is 1. The van der Waals surface area contributed by atoms with Gasteiger partial charge < -0.3 is 16.2 Å². The van der Waals surface area contributed by atoms with Crippen molar-refractivity contribution in [2.45, 2.75) is 44.7 Å². The summed E-state index contributed by atoms with van der Waals surface area (Å²) in [6.07, 6.45) is 3.91. The number of nitro benzene ring substituents is 1. The first kappa shape index (κ1) is 19.9. The van der Waals surface area contributed by atoms with Gasteiger partial charge in [-0.2, -0.15) is 4.99 Å². The summed E-state index contributed by atoms with van der Waals surface area (Å²) in [6, 6.07) is 2.46. The van der Waals surface area contributed by atoms with Gasteiger partial charge in [-0.05, 0) is 38.7 Å². The molecular weight excluding hydrogens is 388 g/mol. The van der Waals surface area contributed by atoms with Crippen molar-refractivity contribution in [2.75, 3.05) is 11.5 Å². The molecule has 1 saturated carbocycles. The molecule has 0 atom stereocenters. The van der Waals surface area contributed by atoms with Gasteiger partial charge in [0.2, 0.25) is 11.9 Å². The molecular formula is C17H21ClN6O4. The standard InChI is InChI=1S/C17H21ClN6O4/c1-2-28-14(25)10-8-11(18)13(12(9-10)24(26)27)23-16(20)21-15(19)22-17(23)6-4-3-5-7-17/h8-9H,2-7H2,1H3,(H4,19,20,21,22). The molecule has 1 aromatic carbocycles. The Morgan fingerprint density at radius 1 is 1.36 bits per heavy atom. The third-order valence-corrected chi connectivity index (χ3v) is 5.11. The van der Waals surface area contributed by atoms with Crippen LogP contribution in [0.1, 0.15) is 49.4 Å². The van der Waals surface area contributed by atoms with E-state index < -0.39 is 16.6 Å². The molecule has 0 bridgehead atoms. The van der Waals surface area contributed by atoms with E-state index in [1.165, 1.54) is 11.0 Å². The van der Waals surface area contributed by atoms with E-state index in [1.54, 1.807) is 6.92 Å². The van der Waals surface area contributed by atoms with Gasteiger partial charge in [0, 0.05) is 6.07 Å². The van der Waals surface area contributed by atoms with Gasteiger partial charge in [-0.3, -0.25) is 15.0 Å². The summed E-state index contributed by atoms with van der Waals surface area (Å²) in [6.45, 7) is 1.78. The molecule has 3 rings (SSSR count). The molecule has 150 valence electrons. The largest absolute Gasteiger partial charge is 0.462 e. The lowest BCUT2D eigenvalue weighted by Crippen LogP contribution is -2.58. The van der Waals surface area contributed by atoms with Crippen molar-refractivity contribution in [1.29, 1.82) is 0 Å². The maximum Gasteiger partial charge on any atom is 0.338 e. The minimum Gasteiger partial charge on any atom is -0.462 e. The van der Waals surface area contributed by atoms with Crippen LogP contribution in [-0.2, 0) is 4.74 Å². The van der Waals surface area contributed by atoms with E-state index in [0.29, 0.717) is 12.8 Å². The summed E-state index contributed by atoms with van der Waals surface area (Å²) in [4.78, 5) is 33.2. The number of rotatable bonds is 4. The van der Waals surface area contributed by atoms with E-state index in [4.69, 9.17) is 27.8 Å². The normalized spacial score (nSPS) is 18.4. The van der Waals surface area contributed by atoms with Crippen LogP contribution in [0, 0.1) is 10.1 Å². The fourth-order valence-corrected chi connectivity index (χ4v) is 4.02. The first-order valence-electron chi connectivity index (χ1n) is 8.94. The monoisotopic (exact) mass is 408 g/mol. The third kappa shape index (κ3) is 3.47. The Bertz CT molecular complexity index is 879. The predicted octanol–water partition coefficient (Wildman–Crippen LogP) is 2.53. The van der Waals surface area contributed by atoms with Crippen molar-refractivity contribution in [2.24, 2.45) is 21.5 Å². The summed E-state index contributed by atoms with van der Waals surface area (Å²) in [7, 11) is 0. The first-order valence-corrected chi connectivity index (χ1v) is 9.31. The van der Waals surface area contributed by atoms with E-state index in [1.807, 2.05) is 0 Å². The van der Waals surface area contributed by atoms with Crippen molar-refractivity contribution in [3.05, 3.63) is 32.8 Å². The highest BCUT2D eigenvalue weighted by atomic mass is 35.5. The Morgan fingerprint density at radius 3 is 2.64 bits per heavy atom. The highest BCUT2D eigenvalue weighted by Gasteiger charge is 2.46. The average molecular weight is 409 g/mol. The fourth-order valence-electron chi connectivity index (χ4n) is 3.72. The zero-order chi connectivity index (χ0) is 20.5. The number of nitrogens with zero attached hydrogens (tertiary/aromatic N) is 4. The van der Waals surface area contributed by atoms with Gasteiger partial charge in [0.05, 0.1) is 22.1 Å². The Balaban J connectivity index is 2.19. The van der Waals surface area contributed by atoms with E-state index in [-0.39, 0.29) is 40.5 Å². The Morgan fingerprint density at radius 2 is 2.04 bits per heavy atom. The molecule has 0 aromatic heterocycles. The van der Waals surface area contributed by atoms with Gasteiger partial charge in [-0.25, -0.2) is 9.79 Å². The van der Waals surface area contributed by atoms with Crippen molar-refractivity contribution >= 4 is 40.9 Å². The second-order valence-corrected chi connectivity index (χ2v) is 7.03. The molecule has 0 saturated heterocycles. The zero-order valence-corrected chi connectivity index (χ0v) is 16.1. The van der Waals surface area contributed by atoms with E-state index in [0.717, 1.165) is 25.3 Å². The lowest BCUT2D eigenvalue weighted by molar-refractivity contribution is -0.384. The maximum absolute atomic E-state index is 12.1.